The van der Waals surface area contributed by atoms with Gasteiger partial charge < -0.3 is 28.3 Å². The Bertz CT molecular complexity index is 1930. The summed E-state index contributed by atoms with van der Waals surface area (Å²) in [6.45, 7) is 3.97. The van der Waals surface area contributed by atoms with Gasteiger partial charge in [0.05, 0.1) is 54.5 Å². The number of rotatable bonds is 9. The summed E-state index contributed by atoms with van der Waals surface area (Å²) < 4.78 is 29.7. The van der Waals surface area contributed by atoms with Crippen molar-refractivity contribution in [3.63, 3.8) is 0 Å². The molecular formula is C32H29ClN4O7. The van der Waals surface area contributed by atoms with E-state index in [9.17, 15) is 9.59 Å². The maximum Gasteiger partial charge on any atom is 0.282 e. The molecule has 1 amide bonds. The molecule has 1 fully saturated rings. The molecule has 0 radical (unpaired) electrons. The van der Waals surface area contributed by atoms with E-state index < -0.39 is 0 Å². The zero-order valence-corrected chi connectivity index (χ0v) is 24.9. The first kappa shape index (κ1) is 29.2. The van der Waals surface area contributed by atoms with Crippen molar-refractivity contribution < 1.29 is 28.2 Å². The van der Waals surface area contributed by atoms with E-state index in [1.165, 1.54) is 10.9 Å². The highest BCUT2D eigenvalue weighted by Crippen LogP contribution is 2.37. The lowest BCUT2D eigenvalue weighted by Gasteiger charge is -2.27. The summed E-state index contributed by atoms with van der Waals surface area (Å²) in [6.07, 6.45) is 1.47. The van der Waals surface area contributed by atoms with Crippen molar-refractivity contribution in [2.45, 2.75) is 6.92 Å². The minimum absolute atomic E-state index is 0.170. The predicted molar refractivity (Wildman–Crippen MR) is 166 cm³/mol. The van der Waals surface area contributed by atoms with Crippen LogP contribution in [0.4, 0.5) is 0 Å². The number of halogens is 1. The Hall–Kier alpha value is -4.87. The number of carbonyl (C=O) groups is 1. The molecule has 0 N–H and O–H groups in total. The van der Waals surface area contributed by atoms with Gasteiger partial charge in [0, 0.05) is 13.1 Å². The van der Waals surface area contributed by atoms with E-state index in [0.717, 1.165) is 5.39 Å². The molecule has 0 atom stereocenters. The van der Waals surface area contributed by atoms with Crippen LogP contribution >= 0.6 is 11.6 Å². The fourth-order valence-corrected chi connectivity index (χ4v) is 5.21. The number of para-hydroxylation sites is 1. The number of ether oxygens (including phenoxy) is 4. The zero-order chi connectivity index (χ0) is 30.6. The molecule has 0 saturated carbocycles. The van der Waals surface area contributed by atoms with Crippen molar-refractivity contribution in [1.29, 1.82) is 0 Å². The molecule has 12 heteroatoms. The van der Waals surface area contributed by atoms with Gasteiger partial charge in [-0.2, -0.15) is 9.78 Å². The minimum atomic E-state index is -0.382. The minimum Gasteiger partial charge on any atom is -0.496 e. The average molecular weight is 617 g/mol. The second-order valence-electron chi connectivity index (χ2n) is 9.84. The van der Waals surface area contributed by atoms with E-state index in [1.807, 2.05) is 31.2 Å². The summed E-state index contributed by atoms with van der Waals surface area (Å²) >= 11 is 6.61. The molecule has 2 aromatic heterocycles. The lowest BCUT2D eigenvalue weighted by Crippen LogP contribution is -2.43. The van der Waals surface area contributed by atoms with Crippen LogP contribution in [0.2, 0.25) is 5.02 Å². The SMILES string of the molecule is CCOc1cc(C=Nn2c(-c3cc4c(OC)cccc4o3)nc3ccccc3c2=O)cc(Cl)c1OCC(=O)N1CCOCC1. The number of aromatic nitrogens is 2. The van der Waals surface area contributed by atoms with E-state index in [4.69, 9.17) is 39.9 Å². The lowest BCUT2D eigenvalue weighted by molar-refractivity contribution is -0.137. The highest BCUT2D eigenvalue weighted by molar-refractivity contribution is 6.32. The summed E-state index contributed by atoms with van der Waals surface area (Å²) in [5.74, 6) is 1.59. The fourth-order valence-electron chi connectivity index (χ4n) is 4.94. The molecule has 3 aromatic carbocycles. The molecule has 1 aliphatic rings. The number of hydrogen-bond acceptors (Lipinski definition) is 9. The molecule has 3 heterocycles. The highest BCUT2D eigenvalue weighted by Gasteiger charge is 2.21. The number of fused-ring (bicyclic) bond motifs is 2. The topological polar surface area (TPSA) is 118 Å². The predicted octanol–water partition coefficient (Wildman–Crippen LogP) is 4.99. The van der Waals surface area contributed by atoms with Gasteiger partial charge in [0.25, 0.3) is 11.5 Å². The molecule has 11 nitrogen and oxygen atoms in total. The molecule has 5 aromatic rings. The molecule has 1 saturated heterocycles. The standard InChI is InChI=1S/C32H29ClN4O7/c1-3-42-27-16-20(15-23(33)30(27)43-19-29(38)36-11-13-41-14-12-36)18-34-37-31(35-24-8-5-4-7-21(24)32(37)39)28-17-22-25(40-2)9-6-10-26(22)44-28/h4-10,15-18H,3,11-14,19H2,1-2H3. The summed E-state index contributed by atoms with van der Waals surface area (Å²) in [5.41, 5.74) is 1.23. The summed E-state index contributed by atoms with van der Waals surface area (Å²) in [6, 6.07) is 17.5. The van der Waals surface area contributed by atoms with E-state index in [0.29, 0.717) is 72.2 Å². The Morgan fingerprint density at radius 2 is 1.86 bits per heavy atom. The number of hydrogen-bond donors (Lipinski definition) is 0. The van der Waals surface area contributed by atoms with Crippen molar-refractivity contribution in [3.8, 4) is 28.8 Å². The molecule has 1 aliphatic heterocycles. The quantitative estimate of drug-likeness (QED) is 0.213. The van der Waals surface area contributed by atoms with Gasteiger partial charge >= 0.3 is 0 Å². The van der Waals surface area contributed by atoms with Gasteiger partial charge in [-0.1, -0.05) is 29.8 Å². The molecule has 44 heavy (non-hydrogen) atoms. The monoisotopic (exact) mass is 616 g/mol. The van der Waals surface area contributed by atoms with Crippen LogP contribution in [0.25, 0.3) is 33.5 Å². The first-order valence-electron chi connectivity index (χ1n) is 14.0. The van der Waals surface area contributed by atoms with Crippen LogP contribution < -0.4 is 19.8 Å². The first-order valence-corrected chi connectivity index (χ1v) is 14.4. The van der Waals surface area contributed by atoms with Crippen LogP contribution in [-0.2, 0) is 9.53 Å². The van der Waals surface area contributed by atoms with E-state index >= 15 is 0 Å². The van der Waals surface area contributed by atoms with Crippen LogP contribution in [0.1, 0.15) is 12.5 Å². The maximum absolute atomic E-state index is 13.7. The van der Waals surface area contributed by atoms with Crippen molar-refractivity contribution in [1.82, 2.24) is 14.6 Å². The second-order valence-corrected chi connectivity index (χ2v) is 10.2. The number of amides is 1. The second kappa shape index (κ2) is 12.8. The van der Waals surface area contributed by atoms with Crippen LogP contribution in [0.5, 0.6) is 17.2 Å². The van der Waals surface area contributed by atoms with Crippen LogP contribution in [0.15, 0.2) is 75.0 Å². The number of furan rings is 1. The molecule has 0 spiro atoms. The van der Waals surface area contributed by atoms with Gasteiger partial charge in [0.1, 0.15) is 11.3 Å². The molecule has 0 bridgehead atoms. The molecular weight excluding hydrogens is 588 g/mol. The number of methoxy groups -OCH3 is 1. The highest BCUT2D eigenvalue weighted by atomic mass is 35.5. The summed E-state index contributed by atoms with van der Waals surface area (Å²) in [4.78, 5) is 32.7. The Kier molecular flexibility index (Phi) is 8.49. The zero-order valence-electron chi connectivity index (χ0n) is 24.1. The smallest absolute Gasteiger partial charge is 0.282 e. The fraction of sp³-hybridized carbons (Fsp3) is 0.250. The van der Waals surface area contributed by atoms with Crippen molar-refractivity contribution >= 4 is 45.6 Å². The Morgan fingerprint density at radius 1 is 1.05 bits per heavy atom. The van der Waals surface area contributed by atoms with Gasteiger partial charge in [-0.05, 0) is 55.0 Å². The third-order valence-electron chi connectivity index (χ3n) is 7.07. The number of carbonyl (C=O) groups excluding carboxylic acids is 1. The van der Waals surface area contributed by atoms with Gasteiger partial charge in [0.15, 0.2) is 23.9 Å². The largest absolute Gasteiger partial charge is 0.496 e. The number of nitrogens with zero attached hydrogens (tertiary/aromatic N) is 4. The Labute approximate surface area is 257 Å². The van der Waals surface area contributed by atoms with Crippen LogP contribution in [-0.4, -0.2) is 73.3 Å². The summed E-state index contributed by atoms with van der Waals surface area (Å²) in [5, 5.41) is 5.87. The van der Waals surface area contributed by atoms with E-state index in [-0.39, 0.29) is 34.7 Å². The molecule has 0 unspecified atom stereocenters. The summed E-state index contributed by atoms with van der Waals surface area (Å²) in [7, 11) is 1.58. The van der Waals surface area contributed by atoms with Crippen LogP contribution in [0.3, 0.4) is 0 Å². The van der Waals surface area contributed by atoms with Crippen molar-refractivity contribution in [3.05, 3.63) is 81.6 Å². The van der Waals surface area contributed by atoms with E-state index in [2.05, 4.69) is 5.10 Å². The first-order chi connectivity index (χ1) is 21.5. The molecule has 6 rings (SSSR count). The van der Waals surface area contributed by atoms with Gasteiger partial charge in [-0.3, -0.25) is 9.59 Å². The van der Waals surface area contributed by atoms with Crippen LogP contribution in [0, 0.1) is 0 Å². The van der Waals surface area contributed by atoms with Crippen molar-refractivity contribution in [2.24, 2.45) is 5.10 Å². The Morgan fingerprint density at radius 3 is 2.66 bits per heavy atom. The number of benzene rings is 3. The third kappa shape index (κ3) is 5.84. The Balaban J connectivity index is 1.37. The lowest BCUT2D eigenvalue weighted by atomic mass is 10.2. The average Bonchev–Trinajstić information content (AvgIpc) is 3.49. The normalized spacial score (nSPS) is 13.6. The molecule has 226 valence electrons. The van der Waals surface area contributed by atoms with E-state index in [1.54, 1.807) is 48.4 Å². The van der Waals surface area contributed by atoms with Gasteiger partial charge in [-0.15, -0.1) is 0 Å². The van der Waals surface area contributed by atoms with Crippen molar-refractivity contribution in [2.75, 3.05) is 46.6 Å². The van der Waals surface area contributed by atoms with Gasteiger partial charge in [-0.25, -0.2) is 4.98 Å². The third-order valence-corrected chi connectivity index (χ3v) is 7.35. The number of morpholine rings is 1. The molecule has 0 aliphatic carbocycles. The maximum atomic E-state index is 13.7. The van der Waals surface area contributed by atoms with Gasteiger partial charge in [0.2, 0.25) is 5.82 Å².